The maximum absolute atomic E-state index is 12.2. The summed E-state index contributed by atoms with van der Waals surface area (Å²) in [6.45, 7) is 0.358. The number of carbonyl (C=O) groups excluding carboxylic acids is 1. The Hall–Kier alpha value is -1.40. The molecule has 0 amide bonds. The number of benzene rings is 1. The molecule has 0 aliphatic carbocycles. The highest BCUT2D eigenvalue weighted by atomic mass is 32.2. The Morgan fingerprint density at radius 2 is 2.00 bits per heavy atom. The van der Waals surface area contributed by atoms with Crippen LogP contribution < -0.4 is 0 Å². The molecule has 1 heterocycles. The summed E-state index contributed by atoms with van der Waals surface area (Å²) >= 11 is 0. The van der Waals surface area contributed by atoms with E-state index in [0.717, 1.165) is 0 Å². The summed E-state index contributed by atoms with van der Waals surface area (Å²) < 4.78 is 30.1. The molecule has 0 aromatic heterocycles. The first-order valence-corrected chi connectivity index (χ1v) is 6.66. The predicted molar refractivity (Wildman–Crippen MR) is 60.8 cm³/mol. The Morgan fingerprint density at radius 1 is 1.35 bits per heavy atom. The van der Waals surface area contributed by atoms with E-state index in [1.807, 2.05) is 0 Å². The molecule has 1 aliphatic heterocycles. The SMILES string of the molecule is COC(=O)C1CCN1S(=O)(=O)c1ccccc1. The second kappa shape index (κ2) is 4.46. The minimum Gasteiger partial charge on any atom is -0.468 e. The number of rotatable bonds is 3. The van der Waals surface area contributed by atoms with Crippen LogP contribution in [0.5, 0.6) is 0 Å². The molecule has 0 spiro atoms. The van der Waals surface area contributed by atoms with Crippen LogP contribution in [0.2, 0.25) is 0 Å². The van der Waals surface area contributed by atoms with Crippen LogP contribution in [-0.2, 0) is 19.6 Å². The number of hydrogen-bond acceptors (Lipinski definition) is 4. The van der Waals surface area contributed by atoms with Crippen molar-refractivity contribution in [3.63, 3.8) is 0 Å². The third-order valence-corrected chi connectivity index (χ3v) is 4.72. The molecule has 0 radical (unpaired) electrons. The van der Waals surface area contributed by atoms with Gasteiger partial charge in [0.05, 0.1) is 12.0 Å². The summed E-state index contributed by atoms with van der Waals surface area (Å²) in [6, 6.07) is 7.40. The van der Waals surface area contributed by atoms with Crippen molar-refractivity contribution in [1.29, 1.82) is 0 Å². The number of esters is 1. The van der Waals surface area contributed by atoms with Gasteiger partial charge in [0, 0.05) is 6.54 Å². The standard InChI is InChI=1S/C11H13NO4S/c1-16-11(13)10-7-8-12(10)17(14,15)9-5-3-2-4-6-9/h2-6,10H,7-8H2,1H3. The van der Waals surface area contributed by atoms with E-state index in [4.69, 9.17) is 0 Å². The van der Waals surface area contributed by atoms with Gasteiger partial charge in [-0.1, -0.05) is 18.2 Å². The lowest BCUT2D eigenvalue weighted by Crippen LogP contribution is -2.55. The van der Waals surface area contributed by atoms with E-state index >= 15 is 0 Å². The van der Waals surface area contributed by atoms with Crippen molar-refractivity contribution < 1.29 is 17.9 Å². The molecule has 1 aromatic rings. The summed E-state index contributed by atoms with van der Waals surface area (Å²) in [4.78, 5) is 11.6. The quantitative estimate of drug-likeness (QED) is 0.743. The molecule has 0 bridgehead atoms. The fourth-order valence-corrected chi connectivity index (χ4v) is 3.39. The third-order valence-electron chi connectivity index (χ3n) is 2.79. The van der Waals surface area contributed by atoms with Gasteiger partial charge in [-0.05, 0) is 18.6 Å². The first-order valence-electron chi connectivity index (χ1n) is 5.22. The maximum atomic E-state index is 12.2. The van der Waals surface area contributed by atoms with E-state index in [0.29, 0.717) is 13.0 Å². The smallest absolute Gasteiger partial charge is 0.324 e. The predicted octanol–water partition coefficient (Wildman–Crippen LogP) is 0.623. The zero-order valence-corrected chi connectivity index (χ0v) is 10.2. The average Bonchev–Trinajstić information content (AvgIpc) is 2.28. The van der Waals surface area contributed by atoms with Gasteiger partial charge in [0.2, 0.25) is 10.0 Å². The molecule has 5 nitrogen and oxygen atoms in total. The van der Waals surface area contributed by atoms with E-state index in [1.165, 1.54) is 23.5 Å². The molecular formula is C11H13NO4S. The van der Waals surface area contributed by atoms with Crippen molar-refractivity contribution in [2.45, 2.75) is 17.4 Å². The van der Waals surface area contributed by atoms with Gasteiger partial charge in [0.15, 0.2) is 0 Å². The van der Waals surface area contributed by atoms with Crippen molar-refractivity contribution in [3.05, 3.63) is 30.3 Å². The number of methoxy groups -OCH3 is 1. The normalized spacial score (nSPS) is 20.6. The average molecular weight is 255 g/mol. The molecule has 0 saturated carbocycles. The Morgan fingerprint density at radius 3 is 2.47 bits per heavy atom. The molecule has 1 saturated heterocycles. The van der Waals surface area contributed by atoms with Gasteiger partial charge in [-0.2, -0.15) is 4.31 Å². The third kappa shape index (κ3) is 2.05. The van der Waals surface area contributed by atoms with E-state index in [1.54, 1.807) is 18.2 Å². The summed E-state index contributed by atoms with van der Waals surface area (Å²) in [5.74, 6) is -0.504. The highest BCUT2D eigenvalue weighted by molar-refractivity contribution is 7.89. The summed E-state index contributed by atoms with van der Waals surface area (Å²) in [6.07, 6.45) is 0.513. The molecule has 1 unspecified atom stereocenters. The number of nitrogens with zero attached hydrogens (tertiary/aromatic N) is 1. The fraction of sp³-hybridized carbons (Fsp3) is 0.364. The van der Waals surface area contributed by atoms with Crippen molar-refractivity contribution in [2.24, 2.45) is 0 Å². The van der Waals surface area contributed by atoms with Gasteiger partial charge < -0.3 is 4.74 Å². The Bertz CT molecular complexity index is 512. The molecule has 1 aliphatic rings. The molecule has 2 rings (SSSR count). The molecule has 6 heteroatoms. The second-order valence-electron chi connectivity index (χ2n) is 3.76. The van der Waals surface area contributed by atoms with Crippen LogP contribution >= 0.6 is 0 Å². The summed E-state index contributed by atoms with van der Waals surface area (Å²) in [7, 11) is -2.32. The molecular weight excluding hydrogens is 242 g/mol. The van der Waals surface area contributed by atoms with Crippen molar-refractivity contribution in [1.82, 2.24) is 4.31 Å². The largest absolute Gasteiger partial charge is 0.468 e. The molecule has 1 fully saturated rings. The van der Waals surface area contributed by atoms with Crippen LogP contribution in [-0.4, -0.2) is 38.4 Å². The van der Waals surface area contributed by atoms with E-state index < -0.39 is 22.0 Å². The van der Waals surface area contributed by atoms with E-state index in [9.17, 15) is 13.2 Å². The van der Waals surface area contributed by atoms with Crippen LogP contribution in [0.3, 0.4) is 0 Å². The molecule has 1 aromatic carbocycles. The van der Waals surface area contributed by atoms with Gasteiger partial charge in [-0.15, -0.1) is 0 Å². The summed E-state index contributed by atoms with van der Waals surface area (Å²) in [5.41, 5.74) is 0. The fourth-order valence-electron chi connectivity index (χ4n) is 1.75. The summed E-state index contributed by atoms with van der Waals surface area (Å²) in [5, 5.41) is 0. The van der Waals surface area contributed by atoms with Crippen LogP contribution in [0.4, 0.5) is 0 Å². The lowest BCUT2D eigenvalue weighted by Gasteiger charge is -2.37. The minimum absolute atomic E-state index is 0.202. The Balaban J connectivity index is 2.26. The van der Waals surface area contributed by atoms with Gasteiger partial charge in [-0.3, -0.25) is 4.79 Å². The molecule has 0 N–H and O–H groups in total. The second-order valence-corrected chi connectivity index (χ2v) is 5.65. The zero-order chi connectivity index (χ0) is 12.5. The number of sulfonamides is 1. The highest BCUT2D eigenvalue weighted by Crippen LogP contribution is 2.27. The van der Waals surface area contributed by atoms with Crippen molar-refractivity contribution in [2.75, 3.05) is 13.7 Å². The zero-order valence-electron chi connectivity index (χ0n) is 9.37. The lowest BCUT2D eigenvalue weighted by atomic mass is 10.1. The number of ether oxygens (including phenoxy) is 1. The van der Waals surface area contributed by atoms with Gasteiger partial charge >= 0.3 is 5.97 Å². The van der Waals surface area contributed by atoms with Crippen molar-refractivity contribution >= 4 is 16.0 Å². The van der Waals surface area contributed by atoms with Crippen LogP contribution in [0, 0.1) is 0 Å². The van der Waals surface area contributed by atoms with Gasteiger partial charge in [-0.25, -0.2) is 8.42 Å². The van der Waals surface area contributed by atoms with Gasteiger partial charge in [0.25, 0.3) is 0 Å². The first kappa shape index (κ1) is 12.1. The van der Waals surface area contributed by atoms with Gasteiger partial charge in [0.1, 0.15) is 6.04 Å². The van der Waals surface area contributed by atoms with E-state index in [-0.39, 0.29) is 4.90 Å². The van der Waals surface area contributed by atoms with Crippen molar-refractivity contribution in [3.8, 4) is 0 Å². The molecule has 1 atom stereocenters. The number of carbonyl (C=O) groups is 1. The van der Waals surface area contributed by atoms with Crippen LogP contribution in [0.15, 0.2) is 35.2 Å². The first-order chi connectivity index (χ1) is 8.07. The van der Waals surface area contributed by atoms with E-state index in [2.05, 4.69) is 4.74 Å². The maximum Gasteiger partial charge on any atom is 0.324 e. The topological polar surface area (TPSA) is 63.7 Å². The molecule has 92 valence electrons. The highest BCUT2D eigenvalue weighted by Gasteiger charge is 2.43. The Kier molecular flexibility index (Phi) is 3.17. The number of hydrogen-bond donors (Lipinski definition) is 0. The Labute approximate surface area is 100 Å². The lowest BCUT2D eigenvalue weighted by molar-refractivity contribution is -0.148. The molecule has 17 heavy (non-hydrogen) atoms. The van der Waals surface area contributed by atoms with Crippen LogP contribution in [0.25, 0.3) is 0 Å². The van der Waals surface area contributed by atoms with Crippen LogP contribution in [0.1, 0.15) is 6.42 Å². The minimum atomic E-state index is -3.57. The monoisotopic (exact) mass is 255 g/mol.